The highest BCUT2D eigenvalue weighted by atomic mass is 16.6. The van der Waals surface area contributed by atoms with Gasteiger partial charge in [-0.2, -0.15) is 0 Å². The van der Waals surface area contributed by atoms with Crippen LogP contribution < -0.4 is 4.74 Å². The lowest BCUT2D eigenvalue weighted by atomic mass is 10.1. The molecule has 1 aromatic heterocycles. The van der Waals surface area contributed by atoms with Crippen LogP contribution >= 0.6 is 0 Å². The highest BCUT2D eigenvalue weighted by Crippen LogP contribution is 2.29. The molecule has 1 heterocycles. The Kier molecular flexibility index (Phi) is 4.31. The fourth-order valence-electron chi connectivity index (χ4n) is 1.79. The number of hydrogen-bond donors (Lipinski definition) is 1. The molecule has 1 unspecified atom stereocenters. The third-order valence-corrected chi connectivity index (χ3v) is 2.82. The van der Waals surface area contributed by atoms with E-state index in [2.05, 4.69) is 4.98 Å². The summed E-state index contributed by atoms with van der Waals surface area (Å²) in [5, 5.41) is 20.4. The first-order valence-electron chi connectivity index (χ1n) is 6.13. The zero-order valence-corrected chi connectivity index (χ0v) is 11.0. The van der Waals surface area contributed by atoms with Crippen molar-refractivity contribution in [3.05, 3.63) is 52.6 Å². The van der Waals surface area contributed by atoms with Crippen LogP contribution in [-0.4, -0.2) is 26.2 Å². The Hall–Kier alpha value is -2.41. The molecule has 2 aromatic rings. The van der Waals surface area contributed by atoms with E-state index >= 15 is 0 Å². The highest BCUT2D eigenvalue weighted by Gasteiger charge is 2.15. The minimum absolute atomic E-state index is 0.0668. The lowest BCUT2D eigenvalue weighted by molar-refractivity contribution is -0.385. The summed E-state index contributed by atoms with van der Waals surface area (Å²) < 4.78 is 7.43. The average molecular weight is 277 g/mol. The normalized spacial score (nSPS) is 12.1. The van der Waals surface area contributed by atoms with E-state index in [0.717, 1.165) is 0 Å². The second kappa shape index (κ2) is 6.16. The maximum Gasteiger partial charge on any atom is 0.270 e. The maximum atomic E-state index is 10.7. The molecule has 1 aromatic carbocycles. The molecule has 0 aliphatic rings. The number of aliphatic hydroxyl groups excluding tert-OH is 1. The van der Waals surface area contributed by atoms with Crippen LogP contribution in [0.2, 0.25) is 0 Å². The summed E-state index contributed by atoms with van der Waals surface area (Å²) >= 11 is 0. The predicted octanol–water partition coefficient (Wildman–Crippen LogP) is 1.92. The van der Waals surface area contributed by atoms with E-state index in [0.29, 0.717) is 24.5 Å². The monoisotopic (exact) mass is 277 g/mol. The number of rotatable bonds is 6. The van der Waals surface area contributed by atoms with E-state index in [1.807, 2.05) is 10.8 Å². The van der Waals surface area contributed by atoms with Gasteiger partial charge in [0, 0.05) is 30.1 Å². The van der Waals surface area contributed by atoms with Gasteiger partial charge in [0.15, 0.2) is 0 Å². The largest absolute Gasteiger partial charge is 0.491 e. The summed E-state index contributed by atoms with van der Waals surface area (Å²) in [5.74, 6) is 0.450. The molecule has 0 amide bonds. The van der Waals surface area contributed by atoms with Crippen molar-refractivity contribution < 1.29 is 14.8 Å². The van der Waals surface area contributed by atoms with E-state index < -0.39 is 11.0 Å². The molecule has 1 atom stereocenters. The molecular formula is C13H15N3O4. The van der Waals surface area contributed by atoms with E-state index in [1.54, 1.807) is 19.4 Å². The summed E-state index contributed by atoms with van der Waals surface area (Å²) in [6.45, 7) is 2.53. The third-order valence-electron chi connectivity index (χ3n) is 2.82. The number of nitrogens with zero attached hydrogens (tertiary/aromatic N) is 3. The molecule has 0 spiro atoms. The smallest absolute Gasteiger partial charge is 0.270 e. The Labute approximate surface area is 115 Å². The Morgan fingerprint density at radius 3 is 2.95 bits per heavy atom. The van der Waals surface area contributed by atoms with Gasteiger partial charge in [-0.25, -0.2) is 4.98 Å². The molecule has 0 fully saturated rings. The summed E-state index contributed by atoms with van der Waals surface area (Å²) in [6, 6.07) is 4.20. The van der Waals surface area contributed by atoms with Gasteiger partial charge in [0.05, 0.1) is 23.9 Å². The van der Waals surface area contributed by atoms with Crippen molar-refractivity contribution >= 4 is 5.69 Å². The van der Waals surface area contributed by atoms with E-state index in [1.165, 1.54) is 18.2 Å². The van der Waals surface area contributed by atoms with Crippen LogP contribution in [-0.2, 0) is 6.54 Å². The quantitative estimate of drug-likeness (QED) is 0.643. The number of aliphatic hydroxyl groups is 1. The van der Waals surface area contributed by atoms with Gasteiger partial charge in [-0.05, 0) is 13.0 Å². The van der Waals surface area contributed by atoms with Gasteiger partial charge in [0.2, 0.25) is 0 Å². The van der Waals surface area contributed by atoms with Crippen molar-refractivity contribution in [1.29, 1.82) is 0 Å². The molecule has 106 valence electrons. The van der Waals surface area contributed by atoms with Crippen LogP contribution in [0.5, 0.6) is 5.75 Å². The summed E-state index contributed by atoms with van der Waals surface area (Å²) in [4.78, 5) is 14.1. The lowest BCUT2D eigenvalue weighted by Gasteiger charge is -2.13. The van der Waals surface area contributed by atoms with Crippen molar-refractivity contribution in [2.45, 2.75) is 19.6 Å². The SMILES string of the molecule is CC(O)c1cc([N+](=O)[O-])ccc1OCCn1ccnc1. The summed E-state index contributed by atoms with van der Waals surface area (Å²) in [7, 11) is 0. The molecule has 0 saturated carbocycles. The number of benzene rings is 1. The summed E-state index contributed by atoms with van der Waals surface area (Å²) in [6.07, 6.45) is 4.33. The van der Waals surface area contributed by atoms with Crippen molar-refractivity contribution in [3.63, 3.8) is 0 Å². The standard InChI is InChI=1S/C13H15N3O4/c1-10(17)12-8-11(16(18)19)2-3-13(12)20-7-6-15-5-4-14-9-15/h2-5,8-10,17H,6-7H2,1H3. The zero-order chi connectivity index (χ0) is 14.5. The van der Waals surface area contributed by atoms with Gasteiger partial charge in [-0.3, -0.25) is 10.1 Å². The van der Waals surface area contributed by atoms with Crippen LogP contribution in [0.4, 0.5) is 5.69 Å². The first-order valence-corrected chi connectivity index (χ1v) is 6.13. The molecule has 1 N–H and O–H groups in total. The van der Waals surface area contributed by atoms with Gasteiger partial charge in [0.25, 0.3) is 5.69 Å². The third kappa shape index (κ3) is 3.33. The molecule has 0 radical (unpaired) electrons. The minimum atomic E-state index is -0.835. The first kappa shape index (κ1) is 14.0. The maximum absolute atomic E-state index is 10.7. The molecule has 20 heavy (non-hydrogen) atoms. The number of nitro benzene ring substituents is 1. The van der Waals surface area contributed by atoms with Gasteiger partial charge in [0.1, 0.15) is 12.4 Å². The van der Waals surface area contributed by atoms with Crippen LogP contribution in [0.15, 0.2) is 36.9 Å². The van der Waals surface area contributed by atoms with E-state index in [4.69, 9.17) is 4.74 Å². The first-order chi connectivity index (χ1) is 9.58. The Balaban J connectivity index is 2.08. The number of non-ortho nitro benzene ring substituents is 1. The van der Waals surface area contributed by atoms with Crippen LogP contribution in [0.3, 0.4) is 0 Å². The molecule has 0 saturated heterocycles. The Morgan fingerprint density at radius 2 is 2.35 bits per heavy atom. The topological polar surface area (TPSA) is 90.4 Å². The predicted molar refractivity (Wildman–Crippen MR) is 71.5 cm³/mol. The van der Waals surface area contributed by atoms with Gasteiger partial charge < -0.3 is 14.4 Å². The highest BCUT2D eigenvalue weighted by molar-refractivity contribution is 5.44. The van der Waals surface area contributed by atoms with Crippen molar-refractivity contribution in [3.8, 4) is 5.75 Å². The molecule has 7 heteroatoms. The molecular weight excluding hydrogens is 262 g/mol. The zero-order valence-electron chi connectivity index (χ0n) is 11.0. The Bertz CT molecular complexity index is 581. The molecule has 0 aliphatic heterocycles. The van der Waals surface area contributed by atoms with Gasteiger partial charge in [-0.1, -0.05) is 0 Å². The number of imidazole rings is 1. The minimum Gasteiger partial charge on any atom is -0.491 e. The van der Waals surface area contributed by atoms with Crippen LogP contribution in [0, 0.1) is 10.1 Å². The fraction of sp³-hybridized carbons (Fsp3) is 0.308. The molecule has 0 aliphatic carbocycles. The van der Waals surface area contributed by atoms with E-state index in [9.17, 15) is 15.2 Å². The number of hydrogen-bond acceptors (Lipinski definition) is 5. The van der Waals surface area contributed by atoms with E-state index in [-0.39, 0.29) is 5.69 Å². The number of nitro groups is 1. The fourth-order valence-corrected chi connectivity index (χ4v) is 1.79. The Morgan fingerprint density at radius 1 is 1.55 bits per heavy atom. The summed E-state index contributed by atoms with van der Waals surface area (Å²) in [5.41, 5.74) is 0.340. The van der Waals surface area contributed by atoms with Crippen molar-refractivity contribution in [2.75, 3.05) is 6.61 Å². The number of aromatic nitrogens is 2. The molecule has 2 rings (SSSR count). The van der Waals surface area contributed by atoms with Crippen molar-refractivity contribution in [2.24, 2.45) is 0 Å². The second-order valence-electron chi connectivity index (χ2n) is 4.30. The van der Waals surface area contributed by atoms with Crippen molar-refractivity contribution in [1.82, 2.24) is 9.55 Å². The molecule has 7 nitrogen and oxygen atoms in total. The lowest BCUT2D eigenvalue weighted by Crippen LogP contribution is -2.08. The molecule has 0 bridgehead atoms. The van der Waals surface area contributed by atoms with Crippen LogP contribution in [0.25, 0.3) is 0 Å². The number of ether oxygens (including phenoxy) is 1. The van der Waals surface area contributed by atoms with Crippen LogP contribution in [0.1, 0.15) is 18.6 Å². The van der Waals surface area contributed by atoms with Gasteiger partial charge in [-0.15, -0.1) is 0 Å². The van der Waals surface area contributed by atoms with Gasteiger partial charge >= 0.3 is 0 Å². The second-order valence-corrected chi connectivity index (χ2v) is 4.30. The average Bonchev–Trinajstić information content (AvgIpc) is 2.91.